The first-order chi connectivity index (χ1) is 11.2. The van der Waals surface area contributed by atoms with Crippen molar-refractivity contribution in [1.82, 2.24) is 14.9 Å². The maximum Gasteiger partial charge on any atom is 0.356 e. The Bertz CT molecular complexity index is 683. The highest BCUT2D eigenvalue weighted by molar-refractivity contribution is 5.84. The molecule has 1 aliphatic heterocycles. The molecule has 0 spiro atoms. The van der Waals surface area contributed by atoms with Crippen LogP contribution in [-0.4, -0.2) is 38.5 Å². The highest BCUT2D eigenvalue weighted by Crippen LogP contribution is 2.21. The number of rotatable bonds is 5. The Kier molecular flexibility index (Phi) is 4.78. The summed E-state index contributed by atoms with van der Waals surface area (Å²) >= 11 is 0. The van der Waals surface area contributed by atoms with Crippen LogP contribution in [0.1, 0.15) is 34.6 Å². The Labute approximate surface area is 135 Å². The van der Waals surface area contributed by atoms with Gasteiger partial charge in [-0.05, 0) is 24.9 Å². The molecular formula is C18H19N3O2. The fourth-order valence-electron chi connectivity index (χ4n) is 2.81. The van der Waals surface area contributed by atoms with Crippen LogP contribution in [0.2, 0.25) is 0 Å². The Hall–Kier alpha value is -2.53. The van der Waals surface area contributed by atoms with Gasteiger partial charge in [-0.1, -0.05) is 42.5 Å². The minimum atomic E-state index is -1.05. The number of carboxylic acid groups (broad SMARTS) is 1. The Morgan fingerprint density at radius 2 is 2.09 bits per heavy atom. The van der Waals surface area contributed by atoms with Crippen LogP contribution in [0, 0.1) is 0 Å². The molecule has 1 aromatic heterocycles. The van der Waals surface area contributed by atoms with E-state index in [9.17, 15) is 4.79 Å². The van der Waals surface area contributed by atoms with E-state index < -0.39 is 5.97 Å². The van der Waals surface area contributed by atoms with Crippen molar-refractivity contribution in [1.29, 1.82) is 0 Å². The van der Waals surface area contributed by atoms with Crippen molar-refractivity contribution >= 4 is 12.0 Å². The number of carbonyl (C=O) groups is 1. The van der Waals surface area contributed by atoms with Crippen LogP contribution in [0.25, 0.3) is 6.08 Å². The predicted molar refractivity (Wildman–Crippen MR) is 87.9 cm³/mol. The highest BCUT2D eigenvalue weighted by Gasteiger charge is 2.22. The summed E-state index contributed by atoms with van der Waals surface area (Å²) in [4.78, 5) is 21.3. The second kappa shape index (κ2) is 7.15. The summed E-state index contributed by atoms with van der Waals surface area (Å²) in [6.45, 7) is 1.71. The van der Waals surface area contributed by atoms with Crippen LogP contribution in [0.5, 0.6) is 0 Å². The number of carboxylic acids is 1. The minimum Gasteiger partial charge on any atom is -0.476 e. The lowest BCUT2D eigenvalue weighted by Crippen LogP contribution is -2.27. The third-order valence-electron chi connectivity index (χ3n) is 4.01. The number of hydrogen-bond acceptors (Lipinski definition) is 4. The third kappa shape index (κ3) is 4.02. The van der Waals surface area contributed by atoms with Gasteiger partial charge in [-0.25, -0.2) is 9.78 Å². The molecule has 23 heavy (non-hydrogen) atoms. The van der Waals surface area contributed by atoms with Crippen LogP contribution in [0.4, 0.5) is 0 Å². The zero-order valence-electron chi connectivity index (χ0n) is 12.8. The molecule has 0 amide bonds. The molecule has 0 radical (unpaired) electrons. The van der Waals surface area contributed by atoms with E-state index in [2.05, 4.69) is 39.2 Å². The molecular weight excluding hydrogens is 290 g/mol. The van der Waals surface area contributed by atoms with Gasteiger partial charge in [0.05, 0.1) is 18.1 Å². The molecule has 5 heteroatoms. The molecule has 1 unspecified atom stereocenters. The SMILES string of the molecule is O=C(O)c1cnc(CN2CCCC2/C=C/c2ccccc2)cn1. The van der Waals surface area contributed by atoms with Crippen molar-refractivity contribution in [3.8, 4) is 0 Å². The maximum absolute atomic E-state index is 10.8. The molecule has 1 N–H and O–H groups in total. The lowest BCUT2D eigenvalue weighted by Gasteiger charge is -2.21. The average molecular weight is 309 g/mol. The summed E-state index contributed by atoms with van der Waals surface area (Å²) in [6, 6.07) is 10.6. The van der Waals surface area contributed by atoms with Crippen LogP contribution >= 0.6 is 0 Å². The number of hydrogen-bond donors (Lipinski definition) is 1. The minimum absolute atomic E-state index is 0.0179. The van der Waals surface area contributed by atoms with Gasteiger partial charge in [0.15, 0.2) is 5.69 Å². The van der Waals surface area contributed by atoms with E-state index >= 15 is 0 Å². The van der Waals surface area contributed by atoms with E-state index in [1.807, 2.05) is 18.2 Å². The van der Waals surface area contributed by atoms with E-state index in [0.29, 0.717) is 12.6 Å². The zero-order valence-corrected chi connectivity index (χ0v) is 12.8. The van der Waals surface area contributed by atoms with Gasteiger partial charge < -0.3 is 5.11 Å². The Balaban J connectivity index is 1.65. The number of benzene rings is 1. The fraction of sp³-hybridized carbons (Fsp3) is 0.278. The van der Waals surface area contributed by atoms with Crippen LogP contribution in [0.15, 0.2) is 48.8 Å². The zero-order chi connectivity index (χ0) is 16.1. The summed E-state index contributed by atoms with van der Waals surface area (Å²) in [5.74, 6) is -1.05. The van der Waals surface area contributed by atoms with Gasteiger partial charge in [-0.15, -0.1) is 0 Å². The third-order valence-corrected chi connectivity index (χ3v) is 4.01. The van der Waals surface area contributed by atoms with Gasteiger partial charge in [-0.2, -0.15) is 0 Å². The second-order valence-electron chi connectivity index (χ2n) is 5.65. The molecule has 2 aromatic rings. The largest absolute Gasteiger partial charge is 0.476 e. The fourth-order valence-corrected chi connectivity index (χ4v) is 2.81. The van der Waals surface area contributed by atoms with Gasteiger partial charge in [-0.3, -0.25) is 9.88 Å². The molecule has 118 valence electrons. The van der Waals surface area contributed by atoms with Gasteiger partial charge >= 0.3 is 5.97 Å². The number of nitrogens with zero attached hydrogens (tertiary/aromatic N) is 3. The highest BCUT2D eigenvalue weighted by atomic mass is 16.4. The molecule has 3 rings (SSSR count). The molecule has 0 aliphatic carbocycles. The first-order valence-corrected chi connectivity index (χ1v) is 7.74. The van der Waals surface area contributed by atoms with Crippen molar-refractivity contribution in [2.75, 3.05) is 6.54 Å². The van der Waals surface area contributed by atoms with Crippen LogP contribution in [-0.2, 0) is 6.54 Å². The molecule has 1 aliphatic rings. The monoisotopic (exact) mass is 309 g/mol. The quantitative estimate of drug-likeness (QED) is 0.920. The van der Waals surface area contributed by atoms with E-state index in [1.165, 1.54) is 11.8 Å². The van der Waals surface area contributed by atoms with Crippen molar-refractivity contribution in [2.24, 2.45) is 0 Å². The molecule has 5 nitrogen and oxygen atoms in total. The first-order valence-electron chi connectivity index (χ1n) is 7.74. The molecule has 2 heterocycles. The second-order valence-corrected chi connectivity index (χ2v) is 5.65. The molecule has 0 saturated carbocycles. The van der Waals surface area contributed by atoms with Crippen molar-refractivity contribution in [2.45, 2.75) is 25.4 Å². The average Bonchev–Trinajstić information content (AvgIpc) is 3.01. The molecule has 1 fully saturated rings. The van der Waals surface area contributed by atoms with E-state index in [0.717, 1.165) is 25.1 Å². The van der Waals surface area contributed by atoms with Gasteiger partial charge in [0.1, 0.15) is 0 Å². The smallest absolute Gasteiger partial charge is 0.356 e. The van der Waals surface area contributed by atoms with Gasteiger partial charge in [0.2, 0.25) is 0 Å². The molecule has 1 atom stereocenters. The summed E-state index contributed by atoms with van der Waals surface area (Å²) in [6.07, 6.45) is 9.56. The summed E-state index contributed by atoms with van der Waals surface area (Å²) in [5, 5.41) is 8.86. The number of aromatic carboxylic acids is 1. The standard InChI is InChI=1S/C18H19N3O2/c22-18(23)17-12-19-15(11-20-17)13-21-10-4-7-16(21)9-8-14-5-2-1-3-6-14/h1-3,5-6,8-9,11-12,16H,4,7,10,13H2,(H,22,23)/b9-8+. The summed E-state index contributed by atoms with van der Waals surface area (Å²) in [5.41, 5.74) is 1.98. The maximum atomic E-state index is 10.8. The Morgan fingerprint density at radius 3 is 2.78 bits per heavy atom. The van der Waals surface area contributed by atoms with E-state index in [-0.39, 0.29) is 5.69 Å². The number of likely N-dealkylation sites (tertiary alicyclic amines) is 1. The normalized spacial score (nSPS) is 18.5. The lowest BCUT2D eigenvalue weighted by atomic mass is 10.1. The van der Waals surface area contributed by atoms with Crippen LogP contribution in [0.3, 0.4) is 0 Å². The Morgan fingerprint density at radius 1 is 1.26 bits per heavy atom. The molecule has 1 aromatic carbocycles. The van der Waals surface area contributed by atoms with Crippen molar-refractivity contribution < 1.29 is 9.90 Å². The van der Waals surface area contributed by atoms with E-state index in [4.69, 9.17) is 5.11 Å². The number of aromatic nitrogens is 2. The van der Waals surface area contributed by atoms with Crippen molar-refractivity contribution in [3.63, 3.8) is 0 Å². The first kappa shape index (κ1) is 15.4. The molecule has 1 saturated heterocycles. The summed E-state index contributed by atoms with van der Waals surface area (Å²) < 4.78 is 0. The van der Waals surface area contributed by atoms with Gasteiger partial charge in [0.25, 0.3) is 0 Å². The topological polar surface area (TPSA) is 66.3 Å². The van der Waals surface area contributed by atoms with E-state index in [1.54, 1.807) is 6.20 Å². The molecule has 0 bridgehead atoms. The predicted octanol–water partition coefficient (Wildman–Crippen LogP) is 2.85. The van der Waals surface area contributed by atoms with Gasteiger partial charge in [0, 0.05) is 12.6 Å². The lowest BCUT2D eigenvalue weighted by molar-refractivity contribution is 0.0690. The van der Waals surface area contributed by atoms with Crippen LogP contribution < -0.4 is 0 Å². The van der Waals surface area contributed by atoms with Crippen molar-refractivity contribution in [3.05, 3.63) is 65.8 Å². The summed E-state index contributed by atoms with van der Waals surface area (Å²) in [7, 11) is 0.